The molecule has 0 spiro atoms. The van der Waals surface area contributed by atoms with Crippen LogP contribution in [-0.4, -0.2) is 12.5 Å². The van der Waals surface area contributed by atoms with Crippen molar-refractivity contribution in [2.75, 3.05) is 17.2 Å². The first-order chi connectivity index (χ1) is 9.67. The Bertz CT molecular complexity index is 644. The minimum atomic E-state index is -0.341. The van der Waals surface area contributed by atoms with Gasteiger partial charge in [-0.25, -0.2) is 4.39 Å². The average molecular weight is 268 g/mol. The van der Waals surface area contributed by atoms with Gasteiger partial charge in [-0.05, 0) is 42.5 Å². The van der Waals surface area contributed by atoms with E-state index < -0.39 is 0 Å². The number of benzene rings is 2. The minimum Gasteiger partial charge on any atom is -0.376 e. The van der Waals surface area contributed by atoms with Crippen molar-refractivity contribution in [3.8, 4) is 12.3 Å². The van der Waals surface area contributed by atoms with Gasteiger partial charge in [0.15, 0.2) is 0 Å². The van der Waals surface area contributed by atoms with Gasteiger partial charge in [0.05, 0.1) is 6.54 Å². The molecule has 2 aromatic carbocycles. The number of hydrogen-bond donors (Lipinski definition) is 2. The normalized spacial score (nSPS) is 9.60. The summed E-state index contributed by atoms with van der Waals surface area (Å²) in [7, 11) is 0. The summed E-state index contributed by atoms with van der Waals surface area (Å²) < 4.78 is 12.7. The average Bonchev–Trinajstić information content (AvgIpc) is 2.48. The molecule has 0 fully saturated rings. The summed E-state index contributed by atoms with van der Waals surface area (Å²) in [5, 5.41) is 5.63. The molecule has 0 aromatic heterocycles. The fourth-order valence-corrected chi connectivity index (χ4v) is 1.64. The molecule has 0 bridgehead atoms. The number of carbonyl (C=O) groups is 1. The Hall–Kier alpha value is -2.80. The Kier molecular flexibility index (Phi) is 4.35. The zero-order valence-corrected chi connectivity index (χ0v) is 10.7. The van der Waals surface area contributed by atoms with E-state index in [1.807, 2.05) is 18.2 Å². The summed E-state index contributed by atoms with van der Waals surface area (Å²) in [6.45, 7) is 0.103. The quantitative estimate of drug-likeness (QED) is 0.837. The molecule has 0 aliphatic carbocycles. The molecular formula is C16H13FN2O. The maximum Gasteiger partial charge on any atom is 0.243 e. The van der Waals surface area contributed by atoms with Crippen LogP contribution in [0.2, 0.25) is 0 Å². The van der Waals surface area contributed by atoms with Gasteiger partial charge in [-0.15, -0.1) is 6.42 Å². The Balaban J connectivity index is 1.89. The van der Waals surface area contributed by atoms with Gasteiger partial charge in [0.25, 0.3) is 0 Å². The minimum absolute atomic E-state index is 0.103. The van der Waals surface area contributed by atoms with Gasteiger partial charge in [-0.1, -0.05) is 12.0 Å². The predicted molar refractivity (Wildman–Crippen MR) is 77.9 cm³/mol. The van der Waals surface area contributed by atoms with Crippen molar-refractivity contribution in [1.82, 2.24) is 0 Å². The van der Waals surface area contributed by atoms with Gasteiger partial charge >= 0.3 is 0 Å². The molecule has 4 heteroatoms. The zero-order valence-electron chi connectivity index (χ0n) is 10.7. The Labute approximate surface area is 116 Å². The van der Waals surface area contributed by atoms with Crippen LogP contribution in [0.3, 0.4) is 0 Å². The number of halogens is 1. The molecular weight excluding hydrogens is 255 g/mol. The van der Waals surface area contributed by atoms with Gasteiger partial charge < -0.3 is 10.6 Å². The molecule has 2 aromatic rings. The first-order valence-corrected chi connectivity index (χ1v) is 6.03. The van der Waals surface area contributed by atoms with Crippen LogP contribution in [-0.2, 0) is 4.79 Å². The maximum absolute atomic E-state index is 12.7. The largest absolute Gasteiger partial charge is 0.376 e. The molecule has 2 N–H and O–H groups in total. The topological polar surface area (TPSA) is 41.1 Å². The molecule has 0 aliphatic heterocycles. The number of hydrogen-bond acceptors (Lipinski definition) is 2. The first-order valence-electron chi connectivity index (χ1n) is 6.03. The summed E-state index contributed by atoms with van der Waals surface area (Å²) in [6.07, 6.45) is 5.30. The fourth-order valence-electron chi connectivity index (χ4n) is 1.64. The van der Waals surface area contributed by atoms with E-state index in [-0.39, 0.29) is 18.3 Å². The van der Waals surface area contributed by atoms with Gasteiger partial charge in [-0.3, -0.25) is 4.79 Å². The van der Waals surface area contributed by atoms with E-state index in [1.165, 1.54) is 24.3 Å². The number of anilines is 2. The molecule has 0 saturated heterocycles. The molecule has 0 unspecified atom stereocenters. The molecule has 0 saturated carbocycles. The lowest BCUT2D eigenvalue weighted by Gasteiger charge is -2.08. The van der Waals surface area contributed by atoms with E-state index in [1.54, 1.807) is 6.07 Å². The molecule has 0 atom stereocenters. The molecule has 3 nitrogen and oxygen atoms in total. The lowest BCUT2D eigenvalue weighted by atomic mass is 10.2. The Morgan fingerprint density at radius 2 is 1.90 bits per heavy atom. The first kappa shape index (κ1) is 13.6. The van der Waals surface area contributed by atoms with Gasteiger partial charge in [0.1, 0.15) is 5.82 Å². The van der Waals surface area contributed by atoms with Crippen molar-refractivity contribution >= 4 is 17.3 Å². The van der Waals surface area contributed by atoms with E-state index >= 15 is 0 Å². The lowest BCUT2D eigenvalue weighted by Crippen LogP contribution is -2.21. The van der Waals surface area contributed by atoms with E-state index in [0.717, 1.165) is 11.3 Å². The monoisotopic (exact) mass is 268 g/mol. The third kappa shape index (κ3) is 3.85. The number of carbonyl (C=O) groups excluding carboxylic acids is 1. The molecule has 0 heterocycles. The SMILES string of the molecule is C#Cc1cccc(NCC(=O)Nc2ccc(F)cc2)c1. The zero-order chi connectivity index (χ0) is 14.4. The lowest BCUT2D eigenvalue weighted by molar-refractivity contribution is -0.114. The highest BCUT2D eigenvalue weighted by Crippen LogP contribution is 2.10. The molecule has 2 rings (SSSR count). The molecule has 20 heavy (non-hydrogen) atoms. The Morgan fingerprint density at radius 1 is 1.15 bits per heavy atom. The van der Waals surface area contributed by atoms with Crippen molar-refractivity contribution in [2.24, 2.45) is 0 Å². The molecule has 0 radical (unpaired) electrons. The van der Waals surface area contributed by atoms with Crippen LogP contribution in [0.25, 0.3) is 0 Å². The van der Waals surface area contributed by atoms with E-state index in [9.17, 15) is 9.18 Å². The van der Waals surface area contributed by atoms with Gasteiger partial charge in [0, 0.05) is 16.9 Å². The van der Waals surface area contributed by atoms with Crippen LogP contribution in [0.1, 0.15) is 5.56 Å². The van der Waals surface area contributed by atoms with Gasteiger partial charge in [0.2, 0.25) is 5.91 Å². The third-order valence-electron chi connectivity index (χ3n) is 2.61. The highest BCUT2D eigenvalue weighted by Gasteiger charge is 2.02. The van der Waals surface area contributed by atoms with Crippen molar-refractivity contribution < 1.29 is 9.18 Å². The van der Waals surface area contributed by atoms with E-state index in [2.05, 4.69) is 16.6 Å². The maximum atomic E-state index is 12.7. The highest BCUT2D eigenvalue weighted by molar-refractivity contribution is 5.93. The summed E-state index contributed by atoms with van der Waals surface area (Å²) >= 11 is 0. The van der Waals surface area contributed by atoms with Gasteiger partial charge in [-0.2, -0.15) is 0 Å². The number of terminal acetylenes is 1. The van der Waals surface area contributed by atoms with Crippen LogP contribution in [0.15, 0.2) is 48.5 Å². The highest BCUT2D eigenvalue weighted by atomic mass is 19.1. The summed E-state index contributed by atoms with van der Waals surface area (Å²) in [4.78, 5) is 11.7. The molecule has 1 amide bonds. The molecule has 100 valence electrons. The number of amides is 1. The van der Waals surface area contributed by atoms with Crippen molar-refractivity contribution in [2.45, 2.75) is 0 Å². The van der Waals surface area contributed by atoms with Crippen molar-refractivity contribution in [3.05, 3.63) is 59.9 Å². The van der Waals surface area contributed by atoms with E-state index in [0.29, 0.717) is 5.69 Å². The van der Waals surface area contributed by atoms with Crippen LogP contribution in [0.4, 0.5) is 15.8 Å². The summed E-state index contributed by atoms with van der Waals surface area (Å²) in [6, 6.07) is 12.8. The predicted octanol–water partition coefficient (Wildman–Crippen LogP) is 2.86. The van der Waals surface area contributed by atoms with Crippen molar-refractivity contribution in [1.29, 1.82) is 0 Å². The second-order valence-electron chi connectivity index (χ2n) is 4.13. The smallest absolute Gasteiger partial charge is 0.243 e. The van der Waals surface area contributed by atoms with Crippen LogP contribution in [0, 0.1) is 18.2 Å². The summed E-state index contributed by atoms with van der Waals surface area (Å²) in [5.74, 6) is 1.96. The Morgan fingerprint density at radius 3 is 2.60 bits per heavy atom. The van der Waals surface area contributed by atoms with Crippen LogP contribution in [0.5, 0.6) is 0 Å². The van der Waals surface area contributed by atoms with E-state index in [4.69, 9.17) is 6.42 Å². The number of nitrogens with one attached hydrogen (secondary N) is 2. The molecule has 0 aliphatic rings. The number of rotatable bonds is 4. The second-order valence-corrected chi connectivity index (χ2v) is 4.13. The third-order valence-corrected chi connectivity index (χ3v) is 2.61. The fraction of sp³-hybridized carbons (Fsp3) is 0.0625. The van der Waals surface area contributed by atoms with Crippen molar-refractivity contribution in [3.63, 3.8) is 0 Å². The van der Waals surface area contributed by atoms with Crippen LogP contribution >= 0.6 is 0 Å². The standard InChI is InChI=1S/C16H13FN2O/c1-2-12-4-3-5-15(10-12)18-11-16(20)19-14-8-6-13(17)7-9-14/h1,3-10,18H,11H2,(H,19,20). The summed E-state index contributed by atoms with van der Waals surface area (Å²) in [5.41, 5.74) is 2.07. The second kappa shape index (κ2) is 6.39. The van der Waals surface area contributed by atoms with Crippen LogP contribution < -0.4 is 10.6 Å².